The van der Waals surface area contributed by atoms with E-state index in [1.165, 1.54) is 20.8 Å². The van der Waals surface area contributed by atoms with Crippen LogP contribution in [0.1, 0.15) is 52.5 Å². The largest absolute Gasteiger partial charge is 0.463 e. The van der Waals surface area contributed by atoms with Crippen molar-refractivity contribution in [2.75, 3.05) is 13.2 Å². The summed E-state index contributed by atoms with van der Waals surface area (Å²) < 4.78 is 28.4. The first kappa shape index (κ1) is 26.8. The van der Waals surface area contributed by atoms with Gasteiger partial charge in [-0.25, -0.2) is 0 Å². The molecule has 0 aromatic heterocycles. The zero-order valence-electron chi connectivity index (χ0n) is 19.8. The highest BCUT2D eigenvalue weighted by atomic mass is 16.7. The van der Waals surface area contributed by atoms with Crippen molar-refractivity contribution in [1.29, 1.82) is 0 Å². The van der Waals surface area contributed by atoms with Crippen molar-refractivity contribution in [3.63, 3.8) is 0 Å². The highest BCUT2D eigenvalue weighted by Gasteiger charge is 2.50. The van der Waals surface area contributed by atoms with Crippen molar-refractivity contribution in [3.05, 3.63) is 35.9 Å². The molecule has 9 heteroatoms. The highest BCUT2D eigenvalue weighted by molar-refractivity contribution is 5.68. The number of hydrogen-bond donors (Lipinski definition) is 1. The van der Waals surface area contributed by atoms with E-state index in [-0.39, 0.29) is 13.2 Å². The Kier molecular flexibility index (Phi) is 11.3. The summed E-state index contributed by atoms with van der Waals surface area (Å²) >= 11 is 0. The summed E-state index contributed by atoms with van der Waals surface area (Å²) in [5, 5.41) is 3.36. The third kappa shape index (κ3) is 9.11. The van der Waals surface area contributed by atoms with E-state index < -0.39 is 48.6 Å². The van der Waals surface area contributed by atoms with E-state index in [0.717, 1.165) is 24.8 Å². The van der Waals surface area contributed by atoms with Gasteiger partial charge in [0, 0.05) is 20.8 Å². The van der Waals surface area contributed by atoms with Crippen LogP contribution in [0, 0.1) is 0 Å². The second-order valence-corrected chi connectivity index (χ2v) is 7.98. The third-order valence-electron chi connectivity index (χ3n) is 5.12. The van der Waals surface area contributed by atoms with E-state index in [1.807, 2.05) is 30.3 Å². The molecule has 1 aromatic carbocycles. The summed E-state index contributed by atoms with van der Waals surface area (Å²) in [5.41, 5.74) is 0.938. The molecule has 1 aliphatic heterocycles. The lowest BCUT2D eigenvalue weighted by atomic mass is 9.96. The lowest BCUT2D eigenvalue weighted by molar-refractivity contribution is -0.281. The molecular weight excluding hydrogens is 430 g/mol. The number of carbonyl (C=O) groups is 3. The smallest absolute Gasteiger partial charge is 0.303 e. The number of carbonyl (C=O) groups excluding carboxylic acids is 3. The van der Waals surface area contributed by atoms with Crippen molar-refractivity contribution < 1.29 is 38.1 Å². The molecule has 33 heavy (non-hydrogen) atoms. The molecule has 0 amide bonds. The Labute approximate surface area is 195 Å². The minimum atomic E-state index is -0.981. The van der Waals surface area contributed by atoms with Gasteiger partial charge >= 0.3 is 17.9 Å². The van der Waals surface area contributed by atoms with Crippen molar-refractivity contribution >= 4 is 17.9 Å². The molecule has 1 aliphatic rings. The van der Waals surface area contributed by atoms with Crippen molar-refractivity contribution in [2.24, 2.45) is 0 Å². The van der Waals surface area contributed by atoms with Crippen molar-refractivity contribution in [1.82, 2.24) is 5.32 Å². The minimum absolute atomic E-state index is 0.182. The standard InChI is InChI=1S/C24H35NO8/c1-5-6-10-13-25-21-23(32-18(4)28)22(31-17(3)27)20(15-29-16(2)26)33-24(21)30-14-19-11-8-7-9-12-19/h7-9,11-12,20-25H,5-6,10,13-15H2,1-4H3/t20-,21+,22-,23-,24+/m1/s1. The number of benzene rings is 1. The summed E-state index contributed by atoms with van der Waals surface area (Å²) in [6.45, 7) is 6.63. The molecule has 0 spiro atoms. The maximum absolute atomic E-state index is 12.0. The summed E-state index contributed by atoms with van der Waals surface area (Å²) in [6, 6.07) is 8.97. The molecule has 1 N–H and O–H groups in total. The number of ether oxygens (including phenoxy) is 5. The van der Waals surface area contributed by atoms with Crippen LogP contribution in [-0.2, 0) is 44.7 Å². The maximum atomic E-state index is 12.0. The third-order valence-corrected chi connectivity index (χ3v) is 5.12. The second kappa shape index (κ2) is 13.9. The lowest BCUT2D eigenvalue weighted by Gasteiger charge is -2.45. The predicted octanol–water partition coefficient (Wildman–Crippen LogP) is 2.50. The van der Waals surface area contributed by atoms with E-state index in [2.05, 4.69) is 12.2 Å². The normalized spacial score (nSPS) is 24.7. The topological polar surface area (TPSA) is 109 Å². The first-order valence-corrected chi connectivity index (χ1v) is 11.3. The Hall–Kier alpha value is -2.49. The van der Waals surface area contributed by atoms with Crippen LogP contribution in [0.15, 0.2) is 30.3 Å². The van der Waals surface area contributed by atoms with Crippen LogP contribution >= 0.6 is 0 Å². The molecule has 0 aliphatic carbocycles. The SMILES string of the molecule is CCCCCN[C@@H]1[C@@H](OCc2ccccc2)O[C@H](COC(C)=O)[C@@H](OC(C)=O)[C@@H]1OC(C)=O. The van der Waals surface area contributed by atoms with Crippen LogP contribution in [0.3, 0.4) is 0 Å². The van der Waals surface area contributed by atoms with Gasteiger partial charge < -0.3 is 29.0 Å². The number of rotatable bonds is 12. The zero-order chi connectivity index (χ0) is 24.2. The summed E-state index contributed by atoms with van der Waals surface area (Å²) in [7, 11) is 0. The fourth-order valence-corrected chi connectivity index (χ4v) is 3.66. The molecule has 0 bridgehead atoms. The van der Waals surface area contributed by atoms with E-state index in [9.17, 15) is 14.4 Å². The molecule has 5 atom stereocenters. The van der Waals surface area contributed by atoms with Crippen LogP contribution in [0.5, 0.6) is 0 Å². The van der Waals surface area contributed by atoms with E-state index >= 15 is 0 Å². The first-order chi connectivity index (χ1) is 15.8. The van der Waals surface area contributed by atoms with E-state index in [4.69, 9.17) is 23.7 Å². The van der Waals surface area contributed by atoms with Crippen molar-refractivity contribution in [2.45, 2.75) is 84.2 Å². The Morgan fingerprint density at radius 3 is 2.21 bits per heavy atom. The van der Waals surface area contributed by atoms with Gasteiger partial charge in [0.1, 0.15) is 12.7 Å². The maximum Gasteiger partial charge on any atom is 0.303 e. The number of nitrogens with one attached hydrogen (secondary N) is 1. The molecule has 1 saturated heterocycles. The Bertz CT molecular complexity index is 756. The van der Waals surface area contributed by atoms with Gasteiger partial charge in [0.05, 0.1) is 12.6 Å². The summed E-state index contributed by atoms with van der Waals surface area (Å²) in [4.78, 5) is 35.2. The quantitative estimate of drug-likeness (QED) is 0.283. The van der Waals surface area contributed by atoms with Crippen LogP contribution in [-0.4, -0.2) is 61.7 Å². The molecule has 2 rings (SSSR count). The van der Waals surface area contributed by atoms with Gasteiger partial charge in [0.15, 0.2) is 18.5 Å². The Morgan fingerprint density at radius 2 is 1.61 bits per heavy atom. The molecule has 0 saturated carbocycles. The summed E-state index contributed by atoms with van der Waals surface area (Å²) in [6.07, 6.45) is -0.629. The zero-order valence-corrected chi connectivity index (χ0v) is 19.8. The monoisotopic (exact) mass is 465 g/mol. The first-order valence-electron chi connectivity index (χ1n) is 11.3. The van der Waals surface area contributed by atoms with Crippen LogP contribution in [0.4, 0.5) is 0 Å². The molecule has 0 radical (unpaired) electrons. The van der Waals surface area contributed by atoms with Crippen LogP contribution in [0.25, 0.3) is 0 Å². The van der Waals surface area contributed by atoms with Gasteiger partial charge in [-0.2, -0.15) is 0 Å². The average molecular weight is 466 g/mol. The van der Waals surface area contributed by atoms with Gasteiger partial charge in [-0.3, -0.25) is 14.4 Å². The number of hydrogen-bond acceptors (Lipinski definition) is 9. The van der Waals surface area contributed by atoms with Gasteiger partial charge in [-0.05, 0) is 18.5 Å². The molecule has 1 fully saturated rings. The van der Waals surface area contributed by atoms with E-state index in [0.29, 0.717) is 6.54 Å². The minimum Gasteiger partial charge on any atom is -0.463 e. The molecule has 184 valence electrons. The molecule has 1 aromatic rings. The van der Waals surface area contributed by atoms with Crippen LogP contribution in [0.2, 0.25) is 0 Å². The summed E-state index contributed by atoms with van der Waals surface area (Å²) in [5.74, 6) is -1.61. The molecule has 9 nitrogen and oxygen atoms in total. The fourth-order valence-electron chi connectivity index (χ4n) is 3.66. The van der Waals surface area contributed by atoms with Gasteiger partial charge in [-0.1, -0.05) is 50.1 Å². The van der Waals surface area contributed by atoms with Gasteiger partial charge in [0.25, 0.3) is 0 Å². The number of esters is 3. The van der Waals surface area contributed by atoms with Crippen molar-refractivity contribution in [3.8, 4) is 0 Å². The Morgan fingerprint density at radius 1 is 0.939 bits per heavy atom. The molecule has 1 heterocycles. The van der Waals surface area contributed by atoms with Gasteiger partial charge in [0.2, 0.25) is 0 Å². The second-order valence-electron chi connectivity index (χ2n) is 7.98. The Balaban J connectivity index is 2.30. The molecular formula is C24H35NO8. The highest BCUT2D eigenvalue weighted by Crippen LogP contribution is 2.28. The van der Waals surface area contributed by atoms with Gasteiger partial charge in [-0.15, -0.1) is 0 Å². The van der Waals surface area contributed by atoms with Crippen LogP contribution < -0.4 is 5.32 Å². The predicted molar refractivity (Wildman–Crippen MR) is 119 cm³/mol. The lowest BCUT2D eigenvalue weighted by Crippen LogP contribution is -2.66. The number of unbranched alkanes of at least 4 members (excludes halogenated alkanes) is 2. The average Bonchev–Trinajstić information content (AvgIpc) is 2.76. The fraction of sp³-hybridized carbons (Fsp3) is 0.625. The van der Waals surface area contributed by atoms with E-state index in [1.54, 1.807) is 0 Å². The molecule has 0 unspecified atom stereocenters.